The van der Waals surface area contributed by atoms with Crippen molar-refractivity contribution >= 4 is 5.91 Å². The Hall–Kier alpha value is -2.34. The van der Waals surface area contributed by atoms with Crippen molar-refractivity contribution < 1.29 is 14.1 Å². The zero-order valence-corrected chi connectivity index (χ0v) is 14.2. The first-order valence-electron chi connectivity index (χ1n) is 7.45. The third-order valence-corrected chi connectivity index (χ3v) is 3.84. The minimum Gasteiger partial charge on any atom is -0.497 e. The maximum absolute atomic E-state index is 12.4. The molecule has 1 unspecified atom stereocenters. The van der Waals surface area contributed by atoms with Gasteiger partial charge >= 0.3 is 0 Å². The molecule has 1 heterocycles. The Morgan fingerprint density at radius 1 is 1.30 bits per heavy atom. The van der Waals surface area contributed by atoms with Crippen LogP contribution in [0.25, 0.3) is 0 Å². The second kappa shape index (κ2) is 7.28. The summed E-state index contributed by atoms with van der Waals surface area (Å²) in [6.45, 7) is 3.99. The number of hydrogen-bond acceptors (Lipinski definition) is 5. The molecule has 0 spiro atoms. The van der Waals surface area contributed by atoms with Crippen molar-refractivity contribution in [3.63, 3.8) is 0 Å². The van der Waals surface area contributed by atoms with Crippen LogP contribution < -0.4 is 10.1 Å². The zero-order chi connectivity index (χ0) is 17.0. The quantitative estimate of drug-likeness (QED) is 0.885. The first-order chi connectivity index (χ1) is 10.9. The molecular weight excluding hydrogens is 294 g/mol. The fourth-order valence-electron chi connectivity index (χ4n) is 2.51. The normalized spacial score (nSPS) is 12.3. The largest absolute Gasteiger partial charge is 0.497 e. The highest BCUT2D eigenvalue weighted by atomic mass is 16.5. The fourth-order valence-corrected chi connectivity index (χ4v) is 2.51. The van der Waals surface area contributed by atoms with Gasteiger partial charge in [0.05, 0.1) is 18.8 Å². The number of hydrogen-bond donors (Lipinski definition) is 1. The number of amides is 1. The van der Waals surface area contributed by atoms with Gasteiger partial charge in [0.25, 0.3) is 5.91 Å². The number of nitrogens with zero attached hydrogens (tertiary/aromatic N) is 2. The summed E-state index contributed by atoms with van der Waals surface area (Å²) in [7, 11) is 5.61. The van der Waals surface area contributed by atoms with Gasteiger partial charge in [0.2, 0.25) is 0 Å². The van der Waals surface area contributed by atoms with Crippen molar-refractivity contribution in [2.75, 3.05) is 27.7 Å². The van der Waals surface area contributed by atoms with Crippen molar-refractivity contribution in [1.29, 1.82) is 0 Å². The molecule has 23 heavy (non-hydrogen) atoms. The average molecular weight is 317 g/mol. The molecule has 1 atom stereocenters. The molecule has 124 valence electrons. The lowest BCUT2D eigenvalue weighted by atomic mass is 10.1. The summed E-state index contributed by atoms with van der Waals surface area (Å²) < 4.78 is 10.2. The van der Waals surface area contributed by atoms with Gasteiger partial charge in [0.15, 0.2) is 0 Å². The van der Waals surface area contributed by atoms with Gasteiger partial charge < -0.3 is 19.5 Å². The van der Waals surface area contributed by atoms with E-state index in [-0.39, 0.29) is 11.9 Å². The molecule has 0 aliphatic carbocycles. The molecule has 1 aromatic carbocycles. The summed E-state index contributed by atoms with van der Waals surface area (Å²) >= 11 is 0. The Labute approximate surface area is 136 Å². The summed E-state index contributed by atoms with van der Waals surface area (Å²) in [5, 5.41) is 6.78. The predicted octanol–water partition coefficient (Wildman–Crippen LogP) is 2.33. The molecule has 6 heteroatoms. The molecule has 0 radical (unpaired) electrons. The van der Waals surface area contributed by atoms with Crippen LogP contribution in [0.1, 0.15) is 33.4 Å². The van der Waals surface area contributed by atoms with Crippen LogP contribution in [0.5, 0.6) is 5.75 Å². The molecule has 6 nitrogen and oxygen atoms in total. The highest BCUT2D eigenvalue weighted by molar-refractivity contribution is 5.96. The number of ether oxygens (including phenoxy) is 1. The van der Waals surface area contributed by atoms with Crippen molar-refractivity contribution in [2.24, 2.45) is 0 Å². The lowest BCUT2D eigenvalue weighted by molar-refractivity contribution is 0.0940. The lowest BCUT2D eigenvalue weighted by Gasteiger charge is -2.25. The van der Waals surface area contributed by atoms with Gasteiger partial charge in [-0.1, -0.05) is 17.3 Å². The second-order valence-corrected chi connectivity index (χ2v) is 5.66. The molecule has 1 aromatic heterocycles. The number of aromatic nitrogens is 1. The number of rotatable bonds is 6. The number of nitrogens with one attached hydrogen (secondary N) is 1. The van der Waals surface area contributed by atoms with E-state index in [1.54, 1.807) is 21.0 Å². The minimum absolute atomic E-state index is 0.0605. The fraction of sp³-hybridized carbons (Fsp3) is 0.412. The average Bonchev–Trinajstić information content (AvgIpc) is 2.86. The molecule has 0 aliphatic rings. The van der Waals surface area contributed by atoms with Crippen molar-refractivity contribution in [3.8, 4) is 5.75 Å². The standard InChI is InChI=1S/C17H23N3O3/c1-11-16(12(2)23-19-11)17(21)18-10-15(20(3)4)13-6-8-14(22-5)9-7-13/h6-9,15H,10H2,1-5H3,(H,18,21). The van der Waals surface area contributed by atoms with Crippen LogP contribution in [-0.4, -0.2) is 43.7 Å². The van der Waals surface area contributed by atoms with E-state index in [2.05, 4.69) is 15.4 Å². The number of benzene rings is 1. The van der Waals surface area contributed by atoms with Crippen molar-refractivity contribution in [2.45, 2.75) is 19.9 Å². The summed E-state index contributed by atoms with van der Waals surface area (Å²) in [6.07, 6.45) is 0. The van der Waals surface area contributed by atoms with Gasteiger partial charge in [0.1, 0.15) is 17.1 Å². The minimum atomic E-state index is -0.165. The molecule has 0 bridgehead atoms. The zero-order valence-electron chi connectivity index (χ0n) is 14.2. The van der Waals surface area contributed by atoms with E-state index in [4.69, 9.17) is 9.26 Å². The van der Waals surface area contributed by atoms with E-state index >= 15 is 0 Å². The second-order valence-electron chi connectivity index (χ2n) is 5.66. The molecule has 0 aliphatic heterocycles. The predicted molar refractivity (Wildman–Crippen MR) is 87.7 cm³/mol. The molecule has 2 rings (SSSR count). The van der Waals surface area contributed by atoms with Gasteiger partial charge in [-0.2, -0.15) is 0 Å². The van der Waals surface area contributed by atoms with Crippen LogP contribution in [0.4, 0.5) is 0 Å². The highest BCUT2D eigenvalue weighted by Gasteiger charge is 2.20. The third-order valence-electron chi connectivity index (χ3n) is 3.84. The van der Waals surface area contributed by atoms with E-state index in [1.807, 2.05) is 38.4 Å². The molecular formula is C17H23N3O3. The van der Waals surface area contributed by atoms with Gasteiger partial charge in [-0.25, -0.2) is 0 Å². The van der Waals surface area contributed by atoms with Crippen LogP contribution in [0.2, 0.25) is 0 Å². The first kappa shape index (κ1) is 17.0. The van der Waals surface area contributed by atoms with Crippen molar-refractivity contribution in [1.82, 2.24) is 15.4 Å². The maximum Gasteiger partial charge on any atom is 0.256 e. The molecule has 1 amide bonds. The van der Waals surface area contributed by atoms with Gasteiger partial charge in [-0.15, -0.1) is 0 Å². The summed E-state index contributed by atoms with van der Waals surface area (Å²) in [5.74, 6) is 1.18. The summed E-state index contributed by atoms with van der Waals surface area (Å²) in [6, 6.07) is 7.91. The van der Waals surface area contributed by atoms with Crippen LogP contribution in [0, 0.1) is 13.8 Å². The summed E-state index contributed by atoms with van der Waals surface area (Å²) in [5.41, 5.74) is 2.22. The SMILES string of the molecule is COc1ccc(C(CNC(=O)c2c(C)noc2C)N(C)C)cc1. The molecule has 0 saturated heterocycles. The Balaban J connectivity index is 2.09. The maximum atomic E-state index is 12.4. The number of methoxy groups -OCH3 is 1. The Morgan fingerprint density at radius 3 is 2.43 bits per heavy atom. The van der Waals surface area contributed by atoms with E-state index in [1.165, 1.54) is 0 Å². The number of likely N-dealkylation sites (N-methyl/N-ethyl adjacent to an activating group) is 1. The number of aryl methyl sites for hydroxylation is 2. The van der Waals surface area contributed by atoms with Crippen LogP contribution in [0.3, 0.4) is 0 Å². The number of carbonyl (C=O) groups excluding carboxylic acids is 1. The molecule has 0 saturated carbocycles. The van der Waals surface area contributed by atoms with Gasteiger partial charge in [-0.3, -0.25) is 4.79 Å². The molecule has 2 aromatic rings. The smallest absolute Gasteiger partial charge is 0.256 e. The Morgan fingerprint density at radius 2 is 1.96 bits per heavy atom. The lowest BCUT2D eigenvalue weighted by Crippen LogP contribution is -2.34. The monoisotopic (exact) mass is 317 g/mol. The van der Waals surface area contributed by atoms with E-state index in [0.717, 1.165) is 11.3 Å². The van der Waals surface area contributed by atoms with E-state index in [0.29, 0.717) is 23.6 Å². The Bertz CT molecular complexity index is 643. The Kier molecular flexibility index (Phi) is 5.39. The highest BCUT2D eigenvalue weighted by Crippen LogP contribution is 2.21. The van der Waals surface area contributed by atoms with Gasteiger partial charge in [-0.05, 0) is 45.6 Å². The molecule has 1 N–H and O–H groups in total. The van der Waals surface area contributed by atoms with Crippen LogP contribution >= 0.6 is 0 Å². The summed E-state index contributed by atoms with van der Waals surface area (Å²) in [4.78, 5) is 14.4. The van der Waals surface area contributed by atoms with Crippen molar-refractivity contribution in [3.05, 3.63) is 46.8 Å². The topological polar surface area (TPSA) is 67.6 Å². The van der Waals surface area contributed by atoms with E-state index < -0.39 is 0 Å². The number of carbonyl (C=O) groups is 1. The first-order valence-corrected chi connectivity index (χ1v) is 7.45. The third kappa shape index (κ3) is 3.90. The van der Waals surface area contributed by atoms with Gasteiger partial charge in [0, 0.05) is 6.54 Å². The van der Waals surface area contributed by atoms with Crippen LogP contribution in [-0.2, 0) is 0 Å². The molecule has 0 fully saturated rings. The van der Waals surface area contributed by atoms with E-state index in [9.17, 15) is 4.79 Å². The van der Waals surface area contributed by atoms with Crippen LogP contribution in [0.15, 0.2) is 28.8 Å².